The van der Waals surface area contributed by atoms with Gasteiger partial charge in [0.25, 0.3) is 0 Å². The summed E-state index contributed by atoms with van der Waals surface area (Å²) in [6.45, 7) is 8.96. The average Bonchev–Trinajstić information content (AvgIpc) is 3.10. The van der Waals surface area contributed by atoms with E-state index in [1.54, 1.807) is 24.3 Å². The molecule has 228 valence electrons. The summed E-state index contributed by atoms with van der Waals surface area (Å²) in [5.41, 5.74) is 9.13. The fourth-order valence-corrected chi connectivity index (χ4v) is 5.85. The van der Waals surface area contributed by atoms with E-state index >= 15 is 0 Å². The predicted octanol–water partition coefficient (Wildman–Crippen LogP) is 11.3. The number of carbonyl (C=O) groups is 1. The van der Waals surface area contributed by atoms with Crippen LogP contribution in [0.15, 0.2) is 158 Å². The van der Waals surface area contributed by atoms with Crippen LogP contribution in [0.1, 0.15) is 49.9 Å². The van der Waals surface area contributed by atoms with Crippen LogP contribution in [0, 0.1) is 0 Å². The van der Waals surface area contributed by atoms with Crippen molar-refractivity contribution in [2.24, 2.45) is 0 Å². The summed E-state index contributed by atoms with van der Waals surface area (Å²) >= 11 is 0. The smallest absolute Gasteiger partial charge is 0.395 e. The lowest BCUT2D eigenvalue weighted by Crippen LogP contribution is -2.18. The van der Waals surface area contributed by atoms with Crippen molar-refractivity contribution in [3.63, 3.8) is 0 Å². The van der Waals surface area contributed by atoms with Crippen molar-refractivity contribution >= 4 is 6.16 Å². The molecule has 0 unspecified atom stereocenters. The maximum absolute atomic E-state index is 12.5. The first-order valence-electron chi connectivity index (χ1n) is 15.6. The van der Waals surface area contributed by atoms with E-state index < -0.39 is 6.16 Å². The molecule has 0 bridgehead atoms. The number of ether oxygens (including phenoxy) is 2. The van der Waals surface area contributed by atoms with E-state index in [4.69, 9.17) is 9.47 Å². The number of hydrogen-bond donors (Lipinski definition) is 0. The summed E-state index contributed by atoms with van der Waals surface area (Å²) in [5.74, 6) is 0.844. The van der Waals surface area contributed by atoms with Crippen LogP contribution in [0.5, 0.6) is 11.5 Å². The molecule has 0 aromatic heterocycles. The lowest BCUT2D eigenvalue weighted by molar-refractivity contribution is 0.152. The van der Waals surface area contributed by atoms with Gasteiger partial charge < -0.3 is 9.47 Å². The van der Waals surface area contributed by atoms with Crippen molar-refractivity contribution in [3.8, 4) is 33.8 Å². The highest BCUT2D eigenvalue weighted by Crippen LogP contribution is 2.34. The molecule has 0 aliphatic heterocycles. The average molecular weight is 603 g/mol. The number of benzene rings is 6. The van der Waals surface area contributed by atoms with Gasteiger partial charge in [-0.15, -0.1) is 0 Å². The molecule has 0 atom stereocenters. The fourth-order valence-electron chi connectivity index (χ4n) is 5.85. The minimum Gasteiger partial charge on any atom is -0.395 e. The van der Waals surface area contributed by atoms with Crippen LogP contribution in [0.25, 0.3) is 22.3 Å². The molecule has 6 rings (SSSR count). The molecule has 0 aliphatic carbocycles. The molecule has 46 heavy (non-hydrogen) atoms. The molecule has 0 radical (unpaired) electrons. The Kier molecular flexibility index (Phi) is 8.59. The summed E-state index contributed by atoms with van der Waals surface area (Å²) in [6.07, 6.45) is -0.777. The fraction of sp³-hybridized carbons (Fsp3) is 0.140. The second-order valence-corrected chi connectivity index (χ2v) is 12.6. The monoisotopic (exact) mass is 602 g/mol. The van der Waals surface area contributed by atoms with Crippen LogP contribution < -0.4 is 9.47 Å². The first kappa shape index (κ1) is 30.6. The van der Waals surface area contributed by atoms with Crippen LogP contribution in [-0.2, 0) is 10.8 Å². The molecule has 3 heteroatoms. The molecule has 6 aromatic rings. The molecule has 0 fully saturated rings. The molecular weight excluding hydrogens is 564 g/mol. The zero-order valence-electron chi connectivity index (χ0n) is 26.7. The molecule has 6 aromatic carbocycles. The van der Waals surface area contributed by atoms with Crippen molar-refractivity contribution in [2.45, 2.75) is 38.5 Å². The van der Waals surface area contributed by atoms with Gasteiger partial charge in [0.05, 0.1) is 0 Å². The van der Waals surface area contributed by atoms with Gasteiger partial charge in [-0.1, -0.05) is 161 Å². The van der Waals surface area contributed by atoms with Crippen LogP contribution in [0.2, 0.25) is 0 Å². The lowest BCUT2D eigenvalue weighted by atomic mass is 9.78. The Morgan fingerprint density at radius 1 is 0.370 bits per heavy atom. The third kappa shape index (κ3) is 6.64. The third-order valence-corrected chi connectivity index (χ3v) is 8.98. The van der Waals surface area contributed by atoms with E-state index in [1.807, 2.05) is 36.4 Å². The Morgan fingerprint density at radius 3 is 0.935 bits per heavy atom. The Balaban J connectivity index is 1.05. The van der Waals surface area contributed by atoms with Crippen molar-refractivity contribution in [1.82, 2.24) is 0 Å². The lowest BCUT2D eigenvalue weighted by Gasteiger charge is -2.26. The van der Waals surface area contributed by atoms with Gasteiger partial charge in [0.1, 0.15) is 11.5 Å². The molecular formula is C43H38O3. The third-order valence-electron chi connectivity index (χ3n) is 8.98. The largest absolute Gasteiger partial charge is 0.519 e. The number of rotatable bonds is 8. The summed E-state index contributed by atoms with van der Waals surface area (Å²) in [5, 5.41) is 0. The minimum absolute atomic E-state index is 0.0934. The van der Waals surface area contributed by atoms with Crippen LogP contribution in [0.3, 0.4) is 0 Å². The second kappa shape index (κ2) is 12.9. The maximum atomic E-state index is 12.5. The van der Waals surface area contributed by atoms with Gasteiger partial charge in [0.2, 0.25) is 0 Å². The van der Waals surface area contributed by atoms with Gasteiger partial charge in [0, 0.05) is 10.8 Å². The van der Waals surface area contributed by atoms with Gasteiger partial charge in [-0.05, 0) is 68.8 Å². The van der Waals surface area contributed by atoms with E-state index in [0.717, 1.165) is 22.3 Å². The molecule has 3 nitrogen and oxygen atoms in total. The van der Waals surface area contributed by atoms with E-state index in [1.165, 1.54) is 22.3 Å². The molecule has 0 heterocycles. The summed E-state index contributed by atoms with van der Waals surface area (Å²) in [7, 11) is 0. The SMILES string of the molecule is CC(C)(c1ccccc1)c1ccc(-c2ccc(OC(=O)Oc3ccc(-c4ccc(C(C)(C)c5ccccc5)cc4)cc3)cc2)cc1. The number of hydrogen-bond acceptors (Lipinski definition) is 3. The molecule has 0 saturated carbocycles. The zero-order chi connectivity index (χ0) is 32.1. The first-order valence-corrected chi connectivity index (χ1v) is 15.6. The molecule has 0 N–H and O–H groups in total. The Morgan fingerprint density at radius 2 is 0.630 bits per heavy atom. The molecule has 0 spiro atoms. The highest BCUT2D eigenvalue weighted by atomic mass is 16.7. The first-order chi connectivity index (χ1) is 22.2. The van der Waals surface area contributed by atoms with E-state index in [2.05, 4.69) is 125 Å². The van der Waals surface area contributed by atoms with Crippen LogP contribution >= 0.6 is 0 Å². The molecule has 0 amide bonds. The highest BCUT2D eigenvalue weighted by Gasteiger charge is 2.23. The van der Waals surface area contributed by atoms with E-state index in [9.17, 15) is 4.79 Å². The Labute approximate surface area is 272 Å². The molecule has 0 saturated heterocycles. The normalized spacial score (nSPS) is 11.6. The number of carbonyl (C=O) groups excluding carboxylic acids is 1. The van der Waals surface area contributed by atoms with Crippen molar-refractivity contribution in [2.75, 3.05) is 0 Å². The van der Waals surface area contributed by atoms with Gasteiger partial charge in [-0.3, -0.25) is 0 Å². The van der Waals surface area contributed by atoms with Gasteiger partial charge in [-0.25, -0.2) is 4.79 Å². The van der Waals surface area contributed by atoms with Crippen molar-refractivity contribution < 1.29 is 14.3 Å². The van der Waals surface area contributed by atoms with Gasteiger partial charge >= 0.3 is 6.16 Å². The zero-order valence-corrected chi connectivity index (χ0v) is 26.7. The quantitative estimate of drug-likeness (QED) is 0.128. The van der Waals surface area contributed by atoms with Crippen molar-refractivity contribution in [3.05, 3.63) is 180 Å². The summed E-state index contributed by atoms with van der Waals surface area (Å²) < 4.78 is 10.9. The van der Waals surface area contributed by atoms with Gasteiger partial charge in [0.15, 0.2) is 0 Å². The van der Waals surface area contributed by atoms with Gasteiger partial charge in [-0.2, -0.15) is 0 Å². The standard InChI is InChI=1S/C43H38O3/c1-42(2,35-11-7-5-8-12-35)37-23-15-31(16-24-37)33-19-27-39(28-20-33)45-41(44)46-40-29-21-34(22-30-40)32-17-25-38(26-18-32)43(3,4)36-13-9-6-10-14-36/h5-30H,1-4H3. The Bertz CT molecular complexity index is 1740. The van der Waals surface area contributed by atoms with E-state index in [-0.39, 0.29) is 10.8 Å². The minimum atomic E-state index is -0.777. The summed E-state index contributed by atoms with van der Waals surface area (Å²) in [6, 6.07) is 53.2. The van der Waals surface area contributed by atoms with Crippen LogP contribution in [-0.4, -0.2) is 6.16 Å². The predicted molar refractivity (Wildman–Crippen MR) is 188 cm³/mol. The van der Waals surface area contributed by atoms with Crippen LogP contribution in [0.4, 0.5) is 4.79 Å². The Hall–Kier alpha value is -5.41. The maximum Gasteiger partial charge on any atom is 0.519 e. The highest BCUT2D eigenvalue weighted by molar-refractivity contribution is 5.70. The second-order valence-electron chi connectivity index (χ2n) is 12.6. The summed E-state index contributed by atoms with van der Waals surface area (Å²) in [4.78, 5) is 12.5. The van der Waals surface area contributed by atoms with Crippen molar-refractivity contribution in [1.29, 1.82) is 0 Å². The van der Waals surface area contributed by atoms with E-state index in [0.29, 0.717) is 11.5 Å². The molecule has 0 aliphatic rings. The topological polar surface area (TPSA) is 35.5 Å².